The molecule has 0 spiro atoms. The average Bonchev–Trinajstić information content (AvgIpc) is 2.41. The van der Waals surface area contributed by atoms with Crippen LogP contribution in [0.15, 0.2) is 23.4 Å². The Balaban J connectivity index is 2.80. The molecule has 1 rings (SSSR count). The number of nitrogens with zero attached hydrogens (tertiary/aromatic N) is 2. The van der Waals surface area contributed by atoms with Crippen molar-refractivity contribution in [2.24, 2.45) is 10.9 Å². The van der Waals surface area contributed by atoms with Gasteiger partial charge in [-0.3, -0.25) is 4.79 Å². The molecule has 0 aromatic heterocycles. The number of phenolic OH excluding ortho intramolecular Hbond substituents is 1. The smallest absolute Gasteiger partial charge is 0.253 e. The van der Waals surface area contributed by atoms with Crippen molar-refractivity contribution in [1.29, 1.82) is 0 Å². The highest BCUT2D eigenvalue weighted by molar-refractivity contribution is 14.1. The quantitative estimate of drug-likeness (QED) is 0.239. The number of nitrogens with two attached hydrogens (primary N) is 1. The molecule has 7 heteroatoms. The molecule has 0 atom stereocenters. The molecule has 1 amide bonds. The second-order valence-corrected chi connectivity index (χ2v) is 5.05. The molecular formula is C12H16IN3O3. The number of amidine groups is 1. The van der Waals surface area contributed by atoms with Gasteiger partial charge < -0.3 is 20.9 Å². The van der Waals surface area contributed by atoms with E-state index in [1.807, 2.05) is 29.5 Å². The number of halogens is 1. The molecule has 0 bridgehead atoms. The lowest BCUT2D eigenvalue weighted by Gasteiger charge is -2.20. The molecular weight excluding hydrogens is 361 g/mol. The van der Waals surface area contributed by atoms with Crippen LogP contribution in [0.3, 0.4) is 0 Å². The van der Waals surface area contributed by atoms with Crippen LogP contribution in [0, 0.1) is 3.57 Å². The van der Waals surface area contributed by atoms with Crippen LogP contribution in [-0.4, -0.2) is 40.0 Å². The molecule has 0 radical (unpaired) electrons. The van der Waals surface area contributed by atoms with Crippen LogP contribution in [0.5, 0.6) is 5.75 Å². The van der Waals surface area contributed by atoms with Crippen molar-refractivity contribution in [2.45, 2.75) is 13.3 Å². The van der Waals surface area contributed by atoms with Crippen LogP contribution in [0.4, 0.5) is 0 Å². The Morgan fingerprint density at radius 2 is 2.21 bits per heavy atom. The molecule has 0 unspecified atom stereocenters. The van der Waals surface area contributed by atoms with Gasteiger partial charge in [0.1, 0.15) is 11.6 Å². The van der Waals surface area contributed by atoms with Crippen molar-refractivity contribution in [3.63, 3.8) is 0 Å². The van der Waals surface area contributed by atoms with E-state index in [1.54, 1.807) is 17.0 Å². The normalized spacial score (nSPS) is 11.4. The molecule has 4 N–H and O–H groups in total. The first kappa shape index (κ1) is 15.5. The number of hydrogen-bond acceptors (Lipinski definition) is 4. The summed E-state index contributed by atoms with van der Waals surface area (Å²) in [6.07, 6.45) is 0.298. The lowest BCUT2D eigenvalue weighted by molar-refractivity contribution is 0.0768. The Kier molecular flexibility index (Phi) is 5.87. The predicted molar refractivity (Wildman–Crippen MR) is 80.4 cm³/mol. The molecule has 104 valence electrons. The predicted octanol–water partition coefficient (Wildman–Crippen LogP) is 1.60. The van der Waals surface area contributed by atoms with E-state index in [-0.39, 0.29) is 17.5 Å². The van der Waals surface area contributed by atoms with E-state index < -0.39 is 0 Å². The minimum atomic E-state index is -0.195. The van der Waals surface area contributed by atoms with Gasteiger partial charge >= 0.3 is 0 Å². The third-order valence-corrected chi connectivity index (χ3v) is 3.54. The molecule has 0 aliphatic heterocycles. The highest BCUT2D eigenvalue weighted by Crippen LogP contribution is 2.21. The van der Waals surface area contributed by atoms with Crippen molar-refractivity contribution in [3.8, 4) is 5.75 Å². The molecule has 1 aromatic carbocycles. The van der Waals surface area contributed by atoms with Gasteiger partial charge in [-0.05, 0) is 47.7 Å². The molecule has 0 heterocycles. The summed E-state index contributed by atoms with van der Waals surface area (Å²) in [6.45, 7) is 2.71. The summed E-state index contributed by atoms with van der Waals surface area (Å²) >= 11 is 1.99. The van der Waals surface area contributed by atoms with Crippen molar-refractivity contribution in [1.82, 2.24) is 4.90 Å². The molecule has 0 aliphatic rings. The van der Waals surface area contributed by atoms with Crippen molar-refractivity contribution in [3.05, 3.63) is 27.3 Å². The number of benzene rings is 1. The lowest BCUT2D eigenvalue weighted by atomic mass is 10.2. The zero-order chi connectivity index (χ0) is 14.4. The highest BCUT2D eigenvalue weighted by atomic mass is 127. The second kappa shape index (κ2) is 7.17. The first-order chi connectivity index (χ1) is 8.99. The van der Waals surface area contributed by atoms with Crippen molar-refractivity contribution < 1.29 is 15.1 Å². The van der Waals surface area contributed by atoms with Gasteiger partial charge in [0, 0.05) is 25.1 Å². The lowest BCUT2D eigenvalue weighted by Crippen LogP contribution is -2.33. The van der Waals surface area contributed by atoms with E-state index in [1.165, 1.54) is 6.07 Å². The number of rotatable bonds is 5. The minimum Gasteiger partial charge on any atom is -0.507 e. The summed E-state index contributed by atoms with van der Waals surface area (Å²) < 4.78 is 0.689. The number of carbonyl (C=O) groups is 1. The molecule has 0 saturated carbocycles. The number of amides is 1. The summed E-state index contributed by atoms with van der Waals surface area (Å²) in [5, 5.41) is 20.9. The maximum Gasteiger partial charge on any atom is 0.253 e. The van der Waals surface area contributed by atoms with Crippen LogP contribution in [0.2, 0.25) is 0 Å². The van der Waals surface area contributed by atoms with E-state index in [9.17, 15) is 9.90 Å². The Labute approximate surface area is 125 Å². The van der Waals surface area contributed by atoms with Crippen molar-refractivity contribution >= 4 is 34.3 Å². The summed E-state index contributed by atoms with van der Waals surface area (Å²) in [6, 6.07) is 4.78. The van der Waals surface area contributed by atoms with Gasteiger partial charge in [0.15, 0.2) is 0 Å². The van der Waals surface area contributed by atoms with Crippen LogP contribution in [0.25, 0.3) is 0 Å². The number of carbonyl (C=O) groups excluding carboxylic acids is 1. The second-order valence-electron chi connectivity index (χ2n) is 3.89. The molecule has 6 nitrogen and oxygen atoms in total. The zero-order valence-corrected chi connectivity index (χ0v) is 12.7. The highest BCUT2D eigenvalue weighted by Gasteiger charge is 2.15. The fourth-order valence-electron chi connectivity index (χ4n) is 1.53. The Morgan fingerprint density at radius 1 is 1.53 bits per heavy atom. The SMILES string of the molecule is CCN(CC/C(N)=N/O)C(=O)c1ccc(I)c(O)c1. The standard InChI is InChI=1S/C12H16IN3O3/c1-2-16(6-5-11(14)15-19)12(18)8-3-4-9(13)10(17)7-8/h3-4,7,17,19H,2,5-6H2,1H3,(H2,14,15). The third kappa shape index (κ3) is 4.27. The fraction of sp³-hybridized carbons (Fsp3) is 0.333. The molecule has 19 heavy (non-hydrogen) atoms. The largest absolute Gasteiger partial charge is 0.507 e. The topological polar surface area (TPSA) is 99.1 Å². The molecule has 0 saturated heterocycles. The maximum atomic E-state index is 12.2. The number of aromatic hydroxyl groups is 1. The molecule has 0 fully saturated rings. The van der Waals surface area contributed by atoms with E-state index >= 15 is 0 Å². The van der Waals surface area contributed by atoms with Crippen LogP contribution in [-0.2, 0) is 0 Å². The van der Waals surface area contributed by atoms with Gasteiger partial charge in [-0.25, -0.2) is 0 Å². The van der Waals surface area contributed by atoms with Crippen LogP contribution < -0.4 is 5.73 Å². The minimum absolute atomic E-state index is 0.0803. The van der Waals surface area contributed by atoms with E-state index in [0.717, 1.165) is 0 Å². The fourth-order valence-corrected chi connectivity index (χ4v) is 1.87. The van der Waals surface area contributed by atoms with Gasteiger partial charge in [0.2, 0.25) is 0 Å². The van der Waals surface area contributed by atoms with Crippen molar-refractivity contribution in [2.75, 3.05) is 13.1 Å². The van der Waals surface area contributed by atoms with E-state index in [0.29, 0.717) is 28.6 Å². The summed E-state index contributed by atoms with van der Waals surface area (Å²) in [5.41, 5.74) is 5.80. The van der Waals surface area contributed by atoms with Gasteiger partial charge in [-0.1, -0.05) is 5.16 Å². The Hall–Kier alpha value is -1.51. The third-order valence-electron chi connectivity index (χ3n) is 2.63. The monoisotopic (exact) mass is 377 g/mol. The summed E-state index contributed by atoms with van der Waals surface area (Å²) in [4.78, 5) is 13.8. The van der Waals surface area contributed by atoms with Gasteiger partial charge in [-0.2, -0.15) is 0 Å². The molecule has 1 aromatic rings. The summed E-state index contributed by atoms with van der Waals surface area (Å²) in [7, 11) is 0. The molecule has 0 aliphatic carbocycles. The first-order valence-corrected chi connectivity index (χ1v) is 6.81. The zero-order valence-electron chi connectivity index (χ0n) is 10.5. The Morgan fingerprint density at radius 3 is 2.74 bits per heavy atom. The van der Waals surface area contributed by atoms with Crippen LogP contribution >= 0.6 is 22.6 Å². The average molecular weight is 377 g/mol. The van der Waals surface area contributed by atoms with E-state index in [4.69, 9.17) is 10.9 Å². The van der Waals surface area contributed by atoms with Crippen LogP contribution in [0.1, 0.15) is 23.7 Å². The Bertz CT molecular complexity index is 491. The maximum absolute atomic E-state index is 12.2. The number of hydrogen-bond donors (Lipinski definition) is 3. The number of oxime groups is 1. The summed E-state index contributed by atoms with van der Waals surface area (Å²) in [5.74, 6) is -0.0319. The van der Waals surface area contributed by atoms with Gasteiger partial charge in [0.05, 0.1) is 3.57 Å². The van der Waals surface area contributed by atoms with E-state index in [2.05, 4.69) is 5.16 Å². The van der Waals surface area contributed by atoms with Gasteiger partial charge in [0.25, 0.3) is 5.91 Å². The first-order valence-electron chi connectivity index (χ1n) is 5.73. The van der Waals surface area contributed by atoms with Gasteiger partial charge in [-0.15, -0.1) is 0 Å². The number of phenols is 1.